The summed E-state index contributed by atoms with van der Waals surface area (Å²) < 4.78 is 11.4. The number of hydrogen-bond donors (Lipinski definition) is 2. The van der Waals surface area contributed by atoms with Crippen LogP contribution in [0.15, 0.2) is 42.5 Å². The van der Waals surface area contributed by atoms with Gasteiger partial charge in [0.25, 0.3) is 0 Å². The van der Waals surface area contributed by atoms with Crippen molar-refractivity contribution in [2.45, 2.75) is 19.8 Å². The fourth-order valence-corrected chi connectivity index (χ4v) is 1.90. The van der Waals surface area contributed by atoms with Crippen LogP contribution in [0.4, 0.5) is 5.69 Å². The van der Waals surface area contributed by atoms with Gasteiger partial charge in [-0.05, 0) is 42.7 Å². The molecule has 0 aliphatic carbocycles. The zero-order valence-electron chi connectivity index (χ0n) is 12.2. The molecule has 0 fully saturated rings. The van der Waals surface area contributed by atoms with E-state index in [1.165, 1.54) is 0 Å². The normalized spacial score (nSPS) is 10.4. The average molecular weight is 287 g/mol. The first kappa shape index (κ1) is 15.2. The molecular formula is C17H21NO3. The van der Waals surface area contributed by atoms with Crippen molar-refractivity contribution in [3.8, 4) is 17.2 Å². The summed E-state index contributed by atoms with van der Waals surface area (Å²) >= 11 is 0. The summed E-state index contributed by atoms with van der Waals surface area (Å²) in [7, 11) is 0. The Kier molecular flexibility index (Phi) is 5.46. The summed E-state index contributed by atoms with van der Waals surface area (Å²) in [6.45, 7) is 2.82. The zero-order valence-corrected chi connectivity index (χ0v) is 12.2. The second-order valence-electron chi connectivity index (χ2n) is 4.77. The maximum absolute atomic E-state index is 8.89. The molecule has 0 aliphatic heterocycles. The van der Waals surface area contributed by atoms with Gasteiger partial charge in [0.2, 0.25) is 0 Å². The monoisotopic (exact) mass is 287 g/mol. The maximum Gasteiger partial charge on any atom is 0.145 e. The van der Waals surface area contributed by atoms with Crippen molar-refractivity contribution in [2.75, 3.05) is 18.9 Å². The number of ether oxygens (including phenoxy) is 2. The number of nitrogens with two attached hydrogens (primary N) is 1. The Morgan fingerprint density at radius 2 is 1.76 bits per heavy atom. The lowest BCUT2D eigenvalue weighted by atomic mass is 10.1. The van der Waals surface area contributed by atoms with Crippen molar-refractivity contribution in [3.05, 3.63) is 48.0 Å². The molecule has 21 heavy (non-hydrogen) atoms. The van der Waals surface area contributed by atoms with Crippen LogP contribution in [0.2, 0.25) is 0 Å². The van der Waals surface area contributed by atoms with Gasteiger partial charge in [-0.1, -0.05) is 19.1 Å². The van der Waals surface area contributed by atoms with Gasteiger partial charge in [-0.2, -0.15) is 0 Å². The Morgan fingerprint density at radius 3 is 2.43 bits per heavy atom. The van der Waals surface area contributed by atoms with E-state index in [2.05, 4.69) is 0 Å². The third kappa shape index (κ3) is 4.39. The molecule has 0 radical (unpaired) electrons. The molecule has 0 bridgehead atoms. The maximum atomic E-state index is 8.89. The Balaban J connectivity index is 2.08. The summed E-state index contributed by atoms with van der Waals surface area (Å²) in [5, 5.41) is 8.89. The van der Waals surface area contributed by atoms with Crippen LogP contribution in [0.5, 0.6) is 17.2 Å². The smallest absolute Gasteiger partial charge is 0.145 e. The van der Waals surface area contributed by atoms with Gasteiger partial charge in [0.1, 0.15) is 17.2 Å². The van der Waals surface area contributed by atoms with Crippen molar-refractivity contribution in [1.82, 2.24) is 0 Å². The lowest BCUT2D eigenvalue weighted by Gasteiger charge is -2.11. The topological polar surface area (TPSA) is 64.7 Å². The van der Waals surface area contributed by atoms with Gasteiger partial charge < -0.3 is 20.3 Å². The minimum absolute atomic E-state index is 0.149. The average Bonchev–Trinajstić information content (AvgIpc) is 2.50. The minimum atomic E-state index is 0.149. The highest BCUT2D eigenvalue weighted by Crippen LogP contribution is 2.30. The largest absolute Gasteiger partial charge is 0.491 e. The molecule has 4 heteroatoms. The molecule has 2 aromatic carbocycles. The van der Waals surface area contributed by atoms with E-state index in [0.29, 0.717) is 30.2 Å². The zero-order chi connectivity index (χ0) is 15.1. The molecule has 0 saturated heterocycles. The van der Waals surface area contributed by atoms with Crippen LogP contribution in [-0.2, 0) is 6.42 Å². The van der Waals surface area contributed by atoms with E-state index in [4.69, 9.17) is 20.3 Å². The van der Waals surface area contributed by atoms with Crippen molar-refractivity contribution in [1.29, 1.82) is 0 Å². The molecule has 0 atom stereocenters. The van der Waals surface area contributed by atoms with E-state index in [1.54, 1.807) is 12.1 Å². The Labute approximate surface area is 125 Å². The third-order valence-corrected chi connectivity index (χ3v) is 3.01. The molecule has 4 nitrogen and oxygen atoms in total. The van der Waals surface area contributed by atoms with Crippen molar-refractivity contribution in [2.24, 2.45) is 0 Å². The van der Waals surface area contributed by atoms with E-state index >= 15 is 0 Å². The second-order valence-corrected chi connectivity index (χ2v) is 4.77. The quantitative estimate of drug-likeness (QED) is 0.766. The predicted octanol–water partition coefficient (Wildman–Crippen LogP) is 3.38. The Bertz CT molecular complexity index is 567. The standard InChI is InChI=1S/C17H21NO3/c1-2-11-20-17-12-15(7-8-16(17)18)21-14-5-3-13(4-6-14)9-10-19/h3-8,12,19H,2,9-11,18H2,1H3. The van der Waals surface area contributed by atoms with Crippen molar-refractivity contribution >= 4 is 5.69 Å². The molecule has 0 amide bonds. The molecule has 112 valence electrons. The van der Waals surface area contributed by atoms with Gasteiger partial charge in [0.05, 0.1) is 12.3 Å². The fourth-order valence-electron chi connectivity index (χ4n) is 1.90. The summed E-state index contributed by atoms with van der Waals surface area (Å²) in [5.41, 5.74) is 7.56. The van der Waals surface area contributed by atoms with Crippen LogP contribution in [-0.4, -0.2) is 18.3 Å². The number of aliphatic hydroxyl groups excluding tert-OH is 1. The van der Waals surface area contributed by atoms with E-state index in [1.807, 2.05) is 37.3 Å². The van der Waals surface area contributed by atoms with Crippen LogP contribution in [0.25, 0.3) is 0 Å². The van der Waals surface area contributed by atoms with Crippen LogP contribution in [0.1, 0.15) is 18.9 Å². The van der Waals surface area contributed by atoms with Crippen LogP contribution < -0.4 is 15.2 Å². The summed E-state index contributed by atoms with van der Waals surface area (Å²) in [5.74, 6) is 2.07. The van der Waals surface area contributed by atoms with E-state index in [-0.39, 0.29) is 6.61 Å². The van der Waals surface area contributed by atoms with E-state index in [0.717, 1.165) is 17.7 Å². The number of hydrogen-bond acceptors (Lipinski definition) is 4. The summed E-state index contributed by atoms with van der Waals surface area (Å²) in [4.78, 5) is 0. The van der Waals surface area contributed by atoms with Crippen LogP contribution >= 0.6 is 0 Å². The number of rotatable bonds is 7. The molecule has 0 aromatic heterocycles. The molecule has 2 rings (SSSR count). The van der Waals surface area contributed by atoms with Crippen molar-refractivity contribution in [3.63, 3.8) is 0 Å². The lowest BCUT2D eigenvalue weighted by Crippen LogP contribution is -1.99. The fraction of sp³-hybridized carbons (Fsp3) is 0.294. The molecule has 2 aromatic rings. The van der Waals surface area contributed by atoms with Crippen molar-refractivity contribution < 1.29 is 14.6 Å². The van der Waals surface area contributed by atoms with Crippen LogP contribution in [0, 0.1) is 0 Å². The molecule has 3 N–H and O–H groups in total. The lowest BCUT2D eigenvalue weighted by molar-refractivity contribution is 0.299. The van der Waals surface area contributed by atoms with Gasteiger partial charge in [0, 0.05) is 12.7 Å². The van der Waals surface area contributed by atoms with Gasteiger partial charge in [0.15, 0.2) is 0 Å². The van der Waals surface area contributed by atoms with Gasteiger partial charge >= 0.3 is 0 Å². The van der Waals surface area contributed by atoms with Gasteiger partial charge in [-0.25, -0.2) is 0 Å². The van der Waals surface area contributed by atoms with Gasteiger partial charge in [-0.15, -0.1) is 0 Å². The molecule has 0 spiro atoms. The third-order valence-electron chi connectivity index (χ3n) is 3.01. The number of benzene rings is 2. The highest BCUT2D eigenvalue weighted by Gasteiger charge is 2.04. The molecule has 0 heterocycles. The first-order valence-electron chi connectivity index (χ1n) is 7.13. The minimum Gasteiger partial charge on any atom is -0.491 e. The summed E-state index contributed by atoms with van der Waals surface area (Å²) in [6.07, 6.45) is 1.58. The van der Waals surface area contributed by atoms with Crippen LogP contribution in [0.3, 0.4) is 0 Å². The number of nitrogen functional groups attached to an aromatic ring is 1. The SMILES string of the molecule is CCCOc1cc(Oc2ccc(CCO)cc2)ccc1N. The second kappa shape index (κ2) is 7.55. The van der Waals surface area contributed by atoms with E-state index < -0.39 is 0 Å². The van der Waals surface area contributed by atoms with Gasteiger partial charge in [-0.3, -0.25) is 0 Å². The highest BCUT2D eigenvalue weighted by atomic mass is 16.5. The Morgan fingerprint density at radius 1 is 1.05 bits per heavy atom. The molecule has 0 unspecified atom stereocenters. The number of aliphatic hydroxyl groups is 1. The highest BCUT2D eigenvalue weighted by molar-refractivity contribution is 5.56. The Hall–Kier alpha value is -2.20. The van der Waals surface area contributed by atoms with E-state index in [9.17, 15) is 0 Å². The molecule has 0 saturated carbocycles. The first-order chi connectivity index (χ1) is 10.2. The number of anilines is 1. The molecule has 0 aliphatic rings. The molecular weight excluding hydrogens is 266 g/mol. The predicted molar refractivity (Wildman–Crippen MR) is 83.9 cm³/mol. The summed E-state index contributed by atoms with van der Waals surface area (Å²) in [6, 6.07) is 13.0. The first-order valence-corrected chi connectivity index (χ1v) is 7.13.